The maximum Gasteiger partial charge on any atom is 0 e. The third kappa shape index (κ3) is 6.28. The minimum atomic E-state index is 0. The van der Waals surface area contributed by atoms with Crippen LogP contribution in [0.3, 0.4) is 0 Å². The number of rotatable bonds is 3. The molecule has 1 radical (unpaired) electrons. The SMILES string of the molecule is [CH2-]CCC(C[CH2-])C(C)(C)C.[Y]. The molecule has 0 N–H and O–H groups in total. The molecule has 0 aromatic carbocycles. The molecule has 0 aromatic rings. The van der Waals surface area contributed by atoms with Crippen molar-refractivity contribution < 1.29 is 32.7 Å². The summed E-state index contributed by atoms with van der Waals surface area (Å²) in [5.41, 5.74) is 0.416. The first-order valence-electron chi connectivity index (χ1n) is 4.11. The van der Waals surface area contributed by atoms with E-state index in [1.54, 1.807) is 0 Å². The molecule has 0 bridgehead atoms. The molecule has 0 saturated heterocycles. The van der Waals surface area contributed by atoms with Gasteiger partial charge in [-0.05, 0) is 5.41 Å². The van der Waals surface area contributed by atoms with Crippen molar-refractivity contribution >= 4 is 0 Å². The van der Waals surface area contributed by atoms with E-state index in [2.05, 4.69) is 34.6 Å². The van der Waals surface area contributed by atoms with Crippen molar-refractivity contribution in [2.75, 3.05) is 0 Å². The van der Waals surface area contributed by atoms with Gasteiger partial charge in [0.1, 0.15) is 0 Å². The fourth-order valence-electron chi connectivity index (χ4n) is 1.26. The maximum atomic E-state index is 3.94. The second kappa shape index (κ2) is 6.60. The molecule has 1 heteroatoms. The van der Waals surface area contributed by atoms with Gasteiger partial charge in [0, 0.05) is 32.7 Å². The van der Waals surface area contributed by atoms with Gasteiger partial charge >= 0.3 is 0 Å². The molecule has 0 nitrogen and oxygen atoms in total. The Hall–Kier alpha value is 1.10. The predicted molar refractivity (Wildman–Crippen MR) is 47.5 cm³/mol. The minimum absolute atomic E-state index is 0. The Morgan fingerprint density at radius 1 is 1.18 bits per heavy atom. The Balaban J connectivity index is 0. The average Bonchev–Trinajstić information content (AvgIpc) is 1.80. The standard InChI is InChI=1S/C10H20.Y/c1-6-8-9(7-2)10(3,4)5;/h9H,1-2,6-8H2,3-5H3;/q-2;. The monoisotopic (exact) mass is 229 g/mol. The zero-order valence-corrected chi connectivity index (χ0v) is 11.0. The molecule has 0 saturated carbocycles. The first-order chi connectivity index (χ1) is 4.52. The van der Waals surface area contributed by atoms with E-state index in [1.807, 2.05) is 0 Å². The molecule has 0 fully saturated rings. The Morgan fingerprint density at radius 2 is 1.64 bits per heavy atom. The van der Waals surface area contributed by atoms with Crippen molar-refractivity contribution in [1.29, 1.82) is 0 Å². The summed E-state index contributed by atoms with van der Waals surface area (Å²) in [7, 11) is 0. The molecule has 0 spiro atoms. The molecule has 0 heterocycles. The van der Waals surface area contributed by atoms with Crippen LogP contribution in [0.25, 0.3) is 0 Å². The second-order valence-electron chi connectivity index (χ2n) is 3.99. The fourth-order valence-corrected chi connectivity index (χ4v) is 1.26. The zero-order valence-electron chi connectivity index (χ0n) is 8.19. The van der Waals surface area contributed by atoms with E-state index in [4.69, 9.17) is 0 Å². The second-order valence-corrected chi connectivity index (χ2v) is 3.99. The Morgan fingerprint density at radius 3 is 1.73 bits per heavy atom. The van der Waals surface area contributed by atoms with Gasteiger partial charge in [0.15, 0.2) is 0 Å². The van der Waals surface area contributed by atoms with Crippen molar-refractivity contribution in [2.45, 2.75) is 40.0 Å². The fraction of sp³-hybridized carbons (Fsp3) is 0.800. The molecule has 0 rings (SSSR count). The summed E-state index contributed by atoms with van der Waals surface area (Å²) in [5.74, 6) is 0.741. The molecule has 1 unspecified atom stereocenters. The van der Waals surface area contributed by atoms with E-state index in [0.717, 1.165) is 18.8 Å². The quantitative estimate of drug-likeness (QED) is 0.650. The van der Waals surface area contributed by atoms with Crippen molar-refractivity contribution in [3.63, 3.8) is 0 Å². The van der Waals surface area contributed by atoms with Gasteiger partial charge in [0.25, 0.3) is 0 Å². The van der Waals surface area contributed by atoms with Gasteiger partial charge in [-0.15, -0.1) is 0 Å². The van der Waals surface area contributed by atoms with E-state index in [1.165, 1.54) is 6.42 Å². The summed E-state index contributed by atoms with van der Waals surface area (Å²) < 4.78 is 0. The largest absolute Gasteiger partial charge is 0.343 e. The van der Waals surface area contributed by atoms with Gasteiger partial charge < -0.3 is 13.8 Å². The van der Waals surface area contributed by atoms with Crippen LogP contribution in [0, 0.1) is 25.2 Å². The topological polar surface area (TPSA) is 0 Å². The van der Waals surface area contributed by atoms with Crippen LogP contribution in [0.2, 0.25) is 0 Å². The smallest absolute Gasteiger partial charge is 0 e. The van der Waals surface area contributed by atoms with E-state index in [9.17, 15) is 0 Å². The summed E-state index contributed by atoms with van der Waals surface area (Å²) in [5, 5.41) is 0. The molecule has 0 aliphatic rings. The van der Waals surface area contributed by atoms with Gasteiger partial charge in [-0.25, -0.2) is 0 Å². The van der Waals surface area contributed by atoms with E-state index in [-0.39, 0.29) is 32.7 Å². The maximum absolute atomic E-state index is 3.94. The van der Waals surface area contributed by atoms with Gasteiger partial charge in [-0.1, -0.05) is 33.1 Å². The van der Waals surface area contributed by atoms with Crippen molar-refractivity contribution in [3.8, 4) is 0 Å². The molecule has 65 valence electrons. The first kappa shape index (κ1) is 14.6. The number of hydrogen-bond acceptors (Lipinski definition) is 0. The van der Waals surface area contributed by atoms with Gasteiger partial charge in [-0.3, -0.25) is 0 Å². The van der Waals surface area contributed by atoms with Crippen molar-refractivity contribution in [1.82, 2.24) is 0 Å². The summed E-state index contributed by atoms with van der Waals surface area (Å²) in [4.78, 5) is 0. The third-order valence-electron chi connectivity index (χ3n) is 2.13. The average molecular weight is 229 g/mol. The molecular weight excluding hydrogens is 209 g/mol. The molecule has 0 aliphatic carbocycles. The summed E-state index contributed by atoms with van der Waals surface area (Å²) in [6.07, 6.45) is 3.30. The molecular formula is C10H20Y-2. The van der Waals surface area contributed by atoms with Gasteiger partial charge in [0.05, 0.1) is 0 Å². The van der Waals surface area contributed by atoms with Crippen LogP contribution in [0.4, 0.5) is 0 Å². The van der Waals surface area contributed by atoms with E-state index in [0.29, 0.717) is 5.41 Å². The van der Waals surface area contributed by atoms with Gasteiger partial charge in [-0.2, -0.15) is 12.8 Å². The zero-order chi connectivity index (χ0) is 8.20. The molecule has 11 heavy (non-hydrogen) atoms. The van der Waals surface area contributed by atoms with Crippen LogP contribution in [0.1, 0.15) is 40.0 Å². The summed E-state index contributed by atoms with van der Waals surface area (Å²) >= 11 is 0. The van der Waals surface area contributed by atoms with Crippen LogP contribution in [0.15, 0.2) is 0 Å². The first-order valence-corrected chi connectivity index (χ1v) is 4.11. The molecule has 0 aromatic heterocycles. The minimum Gasteiger partial charge on any atom is -0.343 e. The Bertz CT molecular complexity index is 81.4. The van der Waals surface area contributed by atoms with Crippen LogP contribution < -0.4 is 0 Å². The normalized spacial score (nSPS) is 13.9. The third-order valence-corrected chi connectivity index (χ3v) is 2.13. The van der Waals surface area contributed by atoms with Crippen LogP contribution in [-0.4, -0.2) is 0 Å². The van der Waals surface area contributed by atoms with Crippen molar-refractivity contribution in [3.05, 3.63) is 13.8 Å². The van der Waals surface area contributed by atoms with Crippen LogP contribution in [-0.2, 0) is 32.7 Å². The van der Waals surface area contributed by atoms with E-state index >= 15 is 0 Å². The number of hydrogen-bond donors (Lipinski definition) is 0. The molecule has 0 aliphatic heterocycles. The van der Waals surface area contributed by atoms with E-state index < -0.39 is 0 Å². The predicted octanol–water partition coefficient (Wildman–Crippen LogP) is 3.48. The van der Waals surface area contributed by atoms with Crippen molar-refractivity contribution in [2.24, 2.45) is 11.3 Å². The summed E-state index contributed by atoms with van der Waals surface area (Å²) in [6, 6.07) is 0. The Labute approximate surface area is 97.4 Å². The Kier molecular flexibility index (Phi) is 8.77. The molecule has 1 atom stereocenters. The van der Waals surface area contributed by atoms with Crippen LogP contribution >= 0.6 is 0 Å². The molecule has 0 amide bonds. The summed E-state index contributed by atoms with van der Waals surface area (Å²) in [6.45, 7) is 14.6. The van der Waals surface area contributed by atoms with Crippen LogP contribution in [0.5, 0.6) is 0 Å². The van der Waals surface area contributed by atoms with Gasteiger partial charge in [0.2, 0.25) is 0 Å².